The zero-order valence-corrected chi connectivity index (χ0v) is 18.8. The predicted molar refractivity (Wildman–Crippen MR) is 122 cm³/mol. The van der Waals surface area contributed by atoms with Crippen LogP contribution in [0, 0.1) is 5.82 Å². The van der Waals surface area contributed by atoms with E-state index >= 15 is 0 Å². The van der Waals surface area contributed by atoms with Crippen molar-refractivity contribution in [1.82, 2.24) is 14.8 Å². The molecule has 0 fully saturated rings. The van der Waals surface area contributed by atoms with Gasteiger partial charge in [0.2, 0.25) is 0 Å². The summed E-state index contributed by atoms with van der Waals surface area (Å²) in [4.78, 5) is 12.4. The van der Waals surface area contributed by atoms with Crippen LogP contribution in [0.25, 0.3) is 11.4 Å². The van der Waals surface area contributed by atoms with Crippen molar-refractivity contribution in [3.8, 4) is 17.1 Å². The Labute approximate surface area is 187 Å². The number of anilines is 1. The van der Waals surface area contributed by atoms with Crippen molar-refractivity contribution in [2.75, 3.05) is 11.9 Å². The maximum Gasteiger partial charge on any atom is 0.262 e. The summed E-state index contributed by atoms with van der Waals surface area (Å²) >= 11 is 0. The summed E-state index contributed by atoms with van der Waals surface area (Å²) in [7, 11) is 0. The molecule has 1 aliphatic rings. The summed E-state index contributed by atoms with van der Waals surface area (Å²) in [6.07, 6.45) is 4.22. The van der Waals surface area contributed by atoms with Crippen LogP contribution in [0.1, 0.15) is 51.4 Å². The topological polar surface area (TPSA) is 69.0 Å². The van der Waals surface area contributed by atoms with Crippen LogP contribution in [-0.2, 0) is 23.2 Å². The first-order chi connectivity index (χ1) is 15.3. The van der Waals surface area contributed by atoms with E-state index in [1.165, 1.54) is 11.6 Å². The van der Waals surface area contributed by atoms with E-state index < -0.39 is 11.7 Å². The van der Waals surface area contributed by atoms with E-state index in [0.29, 0.717) is 11.6 Å². The minimum atomic E-state index is -0.507. The number of ether oxygens (including phenoxy) is 1. The number of hydrogen-bond donors (Lipinski definition) is 1. The fourth-order valence-corrected chi connectivity index (χ4v) is 3.85. The largest absolute Gasteiger partial charge is 0.484 e. The smallest absolute Gasteiger partial charge is 0.262 e. The number of rotatable bonds is 5. The van der Waals surface area contributed by atoms with Gasteiger partial charge in [0.15, 0.2) is 12.4 Å². The molecule has 1 N–H and O–H groups in total. The first kappa shape index (κ1) is 22.0. The second-order valence-electron chi connectivity index (χ2n) is 9.21. The van der Waals surface area contributed by atoms with E-state index in [0.717, 1.165) is 43.6 Å². The maximum absolute atomic E-state index is 14.4. The Hall–Kier alpha value is -3.22. The standard InChI is InChI=1S/C25H29FN4O2/c1-25(2,3)18-9-11-19(12-10-18)32-16-23(31)27-21-15-17(8-13-20(21)26)24-29-28-22-7-5-4-6-14-30(22)24/h8-13,15H,4-7,14,16H2,1-3H3,(H,27,31). The summed E-state index contributed by atoms with van der Waals surface area (Å²) in [5.41, 5.74) is 2.05. The number of carbonyl (C=O) groups is 1. The molecule has 0 unspecified atom stereocenters. The van der Waals surface area contributed by atoms with E-state index in [2.05, 4.69) is 40.9 Å². The van der Waals surface area contributed by atoms with Crippen molar-refractivity contribution in [2.24, 2.45) is 0 Å². The van der Waals surface area contributed by atoms with Crippen LogP contribution in [-0.4, -0.2) is 27.3 Å². The van der Waals surface area contributed by atoms with Crippen LogP contribution in [0.2, 0.25) is 0 Å². The number of fused-ring (bicyclic) bond motifs is 1. The SMILES string of the molecule is CC(C)(C)c1ccc(OCC(=O)Nc2cc(-c3nnc4n3CCCCC4)ccc2F)cc1. The summed E-state index contributed by atoms with van der Waals surface area (Å²) < 4.78 is 22.1. The second kappa shape index (κ2) is 9.10. The van der Waals surface area contributed by atoms with Gasteiger partial charge in [-0.1, -0.05) is 39.3 Å². The molecule has 1 aliphatic heterocycles. The quantitative estimate of drug-likeness (QED) is 0.602. The molecule has 2 heterocycles. The van der Waals surface area contributed by atoms with Gasteiger partial charge < -0.3 is 14.6 Å². The molecule has 4 rings (SSSR count). The Morgan fingerprint density at radius 1 is 1.09 bits per heavy atom. The van der Waals surface area contributed by atoms with Crippen LogP contribution in [0.4, 0.5) is 10.1 Å². The number of nitrogens with zero attached hydrogens (tertiary/aromatic N) is 3. The fraction of sp³-hybridized carbons (Fsp3) is 0.400. The van der Waals surface area contributed by atoms with Crippen LogP contribution < -0.4 is 10.1 Å². The molecule has 0 atom stereocenters. The van der Waals surface area contributed by atoms with Crippen LogP contribution >= 0.6 is 0 Å². The predicted octanol–water partition coefficient (Wildman–Crippen LogP) is 5.13. The molecule has 0 bridgehead atoms. The van der Waals surface area contributed by atoms with Gasteiger partial charge in [-0.05, 0) is 54.2 Å². The number of hydrogen-bond acceptors (Lipinski definition) is 4. The minimum absolute atomic E-state index is 0.0428. The normalized spacial score (nSPS) is 13.9. The number of nitrogens with one attached hydrogen (secondary N) is 1. The van der Waals surface area contributed by atoms with Crippen molar-refractivity contribution < 1.29 is 13.9 Å². The maximum atomic E-state index is 14.4. The van der Waals surface area contributed by atoms with E-state index in [4.69, 9.17) is 4.74 Å². The fourth-order valence-electron chi connectivity index (χ4n) is 3.85. The molecule has 0 radical (unpaired) electrons. The lowest BCUT2D eigenvalue weighted by molar-refractivity contribution is -0.118. The molecule has 0 saturated heterocycles. The number of amides is 1. The Bertz CT molecular complexity index is 1100. The average Bonchev–Trinajstić information content (AvgIpc) is 3.01. The average molecular weight is 437 g/mol. The van der Waals surface area contributed by atoms with Crippen molar-refractivity contribution in [2.45, 2.75) is 58.4 Å². The van der Waals surface area contributed by atoms with Gasteiger partial charge in [-0.15, -0.1) is 10.2 Å². The number of halogens is 1. The summed E-state index contributed by atoms with van der Waals surface area (Å²) in [6, 6.07) is 12.3. The molecule has 0 spiro atoms. The van der Waals surface area contributed by atoms with Crippen molar-refractivity contribution in [3.63, 3.8) is 0 Å². The third-order valence-electron chi connectivity index (χ3n) is 5.70. The lowest BCUT2D eigenvalue weighted by atomic mass is 9.87. The van der Waals surface area contributed by atoms with Gasteiger partial charge in [0.1, 0.15) is 17.4 Å². The molecule has 7 heteroatoms. The Morgan fingerprint density at radius 3 is 2.62 bits per heavy atom. The van der Waals surface area contributed by atoms with Crippen LogP contribution in [0.3, 0.4) is 0 Å². The van der Waals surface area contributed by atoms with Gasteiger partial charge in [-0.2, -0.15) is 0 Å². The molecule has 1 amide bonds. The first-order valence-corrected chi connectivity index (χ1v) is 11.1. The second-order valence-corrected chi connectivity index (χ2v) is 9.21. The lowest BCUT2D eigenvalue weighted by Gasteiger charge is -2.19. The van der Waals surface area contributed by atoms with Crippen molar-refractivity contribution >= 4 is 11.6 Å². The minimum Gasteiger partial charge on any atom is -0.484 e. The van der Waals surface area contributed by atoms with E-state index in [1.54, 1.807) is 12.1 Å². The molecule has 0 saturated carbocycles. The zero-order chi connectivity index (χ0) is 22.7. The summed E-state index contributed by atoms with van der Waals surface area (Å²) in [5, 5.41) is 11.2. The number of benzene rings is 2. The highest BCUT2D eigenvalue weighted by Gasteiger charge is 2.18. The number of aryl methyl sites for hydroxylation is 1. The summed E-state index contributed by atoms with van der Waals surface area (Å²) in [6.45, 7) is 7.04. The first-order valence-electron chi connectivity index (χ1n) is 11.1. The van der Waals surface area contributed by atoms with E-state index in [9.17, 15) is 9.18 Å². The molecular weight excluding hydrogens is 407 g/mol. The lowest BCUT2D eigenvalue weighted by Crippen LogP contribution is -2.21. The van der Waals surface area contributed by atoms with Gasteiger partial charge in [-0.3, -0.25) is 4.79 Å². The molecule has 168 valence electrons. The van der Waals surface area contributed by atoms with E-state index in [-0.39, 0.29) is 17.7 Å². The van der Waals surface area contributed by atoms with Gasteiger partial charge in [0.25, 0.3) is 5.91 Å². The van der Waals surface area contributed by atoms with Gasteiger partial charge in [-0.25, -0.2) is 4.39 Å². The third kappa shape index (κ3) is 4.98. The molecule has 3 aromatic rings. The highest BCUT2D eigenvalue weighted by Crippen LogP contribution is 2.27. The summed E-state index contributed by atoms with van der Waals surface area (Å²) in [5.74, 6) is 1.31. The molecule has 6 nitrogen and oxygen atoms in total. The Kier molecular flexibility index (Phi) is 6.26. The monoisotopic (exact) mass is 436 g/mol. The Morgan fingerprint density at radius 2 is 1.88 bits per heavy atom. The van der Waals surface area contributed by atoms with Crippen molar-refractivity contribution in [3.05, 3.63) is 59.7 Å². The molecule has 32 heavy (non-hydrogen) atoms. The Balaban J connectivity index is 1.43. The van der Waals surface area contributed by atoms with Gasteiger partial charge >= 0.3 is 0 Å². The third-order valence-corrected chi connectivity index (χ3v) is 5.70. The molecular formula is C25H29FN4O2. The van der Waals surface area contributed by atoms with Crippen LogP contribution in [0.15, 0.2) is 42.5 Å². The molecule has 2 aromatic carbocycles. The molecule has 0 aliphatic carbocycles. The van der Waals surface area contributed by atoms with Crippen LogP contribution in [0.5, 0.6) is 5.75 Å². The highest BCUT2D eigenvalue weighted by molar-refractivity contribution is 5.92. The van der Waals surface area contributed by atoms with Gasteiger partial charge in [0.05, 0.1) is 5.69 Å². The zero-order valence-electron chi connectivity index (χ0n) is 18.8. The highest BCUT2D eigenvalue weighted by atomic mass is 19.1. The molecule has 1 aromatic heterocycles. The number of carbonyl (C=O) groups excluding carboxylic acids is 1. The number of aromatic nitrogens is 3. The van der Waals surface area contributed by atoms with E-state index in [1.807, 2.05) is 24.3 Å². The van der Waals surface area contributed by atoms with Gasteiger partial charge in [0, 0.05) is 18.5 Å². The van der Waals surface area contributed by atoms with Crippen molar-refractivity contribution in [1.29, 1.82) is 0 Å².